The van der Waals surface area contributed by atoms with E-state index in [9.17, 15) is 27.5 Å². The largest absolute Gasteiger partial charge is 0.548 e. The fraction of sp³-hybridized carbons (Fsp3) is 0.500. The van der Waals surface area contributed by atoms with Crippen LogP contribution in [0, 0.1) is 0 Å². The van der Waals surface area contributed by atoms with Crippen LogP contribution in [0.5, 0.6) is 0 Å². The zero-order valence-electron chi connectivity index (χ0n) is 8.03. The van der Waals surface area contributed by atoms with Gasteiger partial charge < -0.3 is 9.90 Å². The van der Waals surface area contributed by atoms with Gasteiger partial charge in [0.05, 0.1) is 12.0 Å². The highest BCUT2D eigenvalue weighted by molar-refractivity contribution is 5.69. The van der Waals surface area contributed by atoms with Gasteiger partial charge in [-0.2, -0.15) is 5.10 Å². The number of rotatable bonds is 4. The fourth-order valence-corrected chi connectivity index (χ4v) is 1.11. The number of nitrogens with zero attached hydrogens (tertiary/aromatic N) is 2. The van der Waals surface area contributed by atoms with Gasteiger partial charge in [-0.3, -0.25) is 4.68 Å². The third-order valence-corrected chi connectivity index (χ3v) is 1.94. The van der Waals surface area contributed by atoms with Crippen LogP contribution in [0.25, 0.3) is 0 Å². The summed E-state index contributed by atoms with van der Waals surface area (Å²) in [6.07, 6.45) is -6.12. The van der Waals surface area contributed by atoms with E-state index in [-0.39, 0.29) is 0 Å². The molecular weight excluding hydrogens is 232 g/mol. The van der Waals surface area contributed by atoms with Crippen molar-refractivity contribution in [3.8, 4) is 0 Å². The Labute approximate surface area is 87.5 Å². The summed E-state index contributed by atoms with van der Waals surface area (Å²) in [7, 11) is 0. The van der Waals surface area contributed by atoms with E-state index < -0.39 is 36.2 Å². The first-order valence-electron chi connectivity index (χ1n) is 4.21. The summed E-state index contributed by atoms with van der Waals surface area (Å²) in [6.45, 7) is 1.02. The highest BCUT2D eigenvalue weighted by Gasteiger charge is 2.23. The molecule has 0 radical (unpaired) electrons. The first kappa shape index (κ1) is 12.5. The molecule has 0 aromatic carbocycles. The van der Waals surface area contributed by atoms with Crippen LogP contribution < -0.4 is 5.11 Å². The van der Waals surface area contributed by atoms with E-state index in [0.29, 0.717) is 10.7 Å². The SMILES string of the molecule is C[C@@H](C(=O)[O-])n1nc(C(F)F)cc1C(F)F. The Hall–Kier alpha value is -1.60. The van der Waals surface area contributed by atoms with Crippen molar-refractivity contribution in [3.05, 3.63) is 17.5 Å². The van der Waals surface area contributed by atoms with E-state index in [1.54, 1.807) is 0 Å². The van der Waals surface area contributed by atoms with E-state index in [4.69, 9.17) is 0 Å². The smallest absolute Gasteiger partial charge is 0.282 e. The van der Waals surface area contributed by atoms with Gasteiger partial charge in [-0.15, -0.1) is 0 Å². The lowest BCUT2D eigenvalue weighted by Crippen LogP contribution is -2.32. The normalized spacial score (nSPS) is 13.4. The minimum Gasteiger partial charge on any atom is -0.548 e. The summed E-state index contributed by atoms with van der Waals surface area (Å²) in [5.74, 6) is -1.68. The third kappa shape index (κ3) is 2.31. The van der Waals surface area contributed by atoms with Crippen LogP contribution in [-0.4, -0.2) is 15.7 Å². The van der Waals surface area contributed by atoms with E-state index in [1.807, 2.05) is 0 Å². The van der Waals surface area contributed by atoms with Gasteiger partial charge in [-0.25, -0.2) is 17.6 Å². The summed E-state index contributed by atoms with van der Waals surface area (Å²) in [5.41, 5.74) is -1.75. The second kappa shape index (κ2) is 4.50. The fourth-order valence-electron chi connectivity index (χ4n) is 1.11. The van der Waals surface area contributed by atoms with Gasteiger partial charge in [-0.05, 0) is 13.0 Å². The number of aliphatic carboxylic acids is 1. The molecule has 1 atom stereocenters. The molecule has 0 aliphatic carbocycles. The molecule has 0 unspecified atom stereocenters. The number of carbonyl (C=O) groups is 1. The molecule has 1 aromatic rings. The molecule has 8 heteroatoms. The Morgan fingerprint density at radius 1 is 1.38 bits per heavy atom. The van der Waals surface area contributed by atoms with Crippen LogP contribution in [0.4, 0.5) is 17.6 Å². The zero-order valence-corrected chi connectivity index (χ0v) is 8.03. The first-order valence-corrected chi connectivity index (χ1v) is 4.21. The molecule has 0 saturated heterocycles. The predicted molar refractivity (Wildman–Crippen MR) is 41.9 cm³/mol. The number of hydrogen-bond donors (Lipinski definition) is 0. The maximum absolute atomic E-state index is 12.4. The molecule has 0 fully saturated rings. The standard InChI is InChI=1S/C8H8F4N2O2/c1-3(8(15)16)14-5(7(11)12)2-4(13-14)6(9)10/h2-3,6-7H,1H3,(H,15,16)/p-1/t3-/m0/s1. The summed E-state index contributed by atoms with van der Waals surface area (Å²) in [4.78, 5) is 10.4. The minimum absolute atomic E-state index is 0.335. The maximum Gasteiger partial charge on any atom is 0.282 e. The van der Waals surface area contributed by atoms with Gasteiger partial charge in [0, 0.05) is 0 Å². The summed E-state index contributed by atoms with van der Waals surface area (Å²) in [6, 6.07) is -1.05. The van der Waals surface area contributed by atoms with Crippen molar-refractivity contribution in [2.45, 2.75) is 25.8 Å². The molecule has 16 heavy (non-hydrogen) atoms. The van der Waals surface area contributed by atoms with E-state index in [1.165, 1.54) is 0 Å². The monoisotopic (exact) mass is 239 g/mol. The molecule has 0 spiro atoms. The molecule has 0 aliphatic rings. The third-order valence-electron chi connectivity index (χ3n) is 1.94. The average Bonchev–Trinajstić information content (AvgIpc) is 2.60. The molecule has 0 bridgehead atoms. The number of hydrogen-bond acceptors (Lipinski definition) is 3. The summed E-state index contributed by atoms with van der Waals surface area (Å²) >= 11 is 0. The second-order valence-electron chi connectivity index (χ2n) is 3.04. The lowest BCUT2D eigenvalue weighted by molar-refractivity contribution is -0.310. The molecular formula is C8H7F4N2O2-. The first-order chi connectivity index (χ1) is 7.34. The van der Waals surface area contributed by atoms with Gasteiger partial charge >= 0.3 is 0 Å². The van der Waals surface area contributed by atoms with Crippen molar-refractivity contribution in [2.24, 2.45) is 0 Å². The van der Waals surface area contributed by atoms with Crippen molar-refractivity contribution in [3.63, 3.8) is 0 Å². The Morgan fingerprint density at radius 2 is 1.94 bits per heavy atom. The van der Waals surface area contributed by atoms with Crippen molar-refractivity contribution in [1.29, 1.82) is 0 Å². The zero-order chi connectivity index (χ0) is 12.5. The molecule has 0 saturated carbocycles. The van der Waals surface area contributed by atoms with E-state index in [2.05, 4.69) is 5.10 Å². The van der Waals surface area contributed by atoms with Crippen LogP contribution in [0.2, 0.25) is 0 Å². The number of carboxylic acid groups (broad SMARTS) is 1. The topological polar surface area (TPSA) is 57.9 Å². The Balaban J connectivity index is 3.20. The molecule has 1 rings (SSSR count). The van der Waals surface area contributed by atoms with Crippen LogP contribution in [0.3, 0.4) is 0 Å². The van der Waals surface area contributed by atoms with Crippen molar-refractivity contribution < 1.29 is 27.5 Å². The quantitative estimate of drug-likeness (QED) is 0.738. The van der Waals surface area contributed by atoms with Crippen LogP contribution in [0.1, 0.15) is 37.2 Å². The highest BCUT2D eigenvalue weighted by atomic mass is 19.3. The van der Waals surface area contributed by atoms with E-state index >= 15 is 0 Å². The number of carbonyl (C=O) groups excluding carboxylic acids is 1. The van der Waals surface area contributed by atoms with Gasteiger partial charge in [0.2, 0.25) is 0 Å². The molecule has 0 aliphatic heterocycles. The van der Waals surface area contributed by atoms with E-state index in [0.717, 1.165) is 6.92 Å². The predicted octanol–water partition coefficient (Wildman–Crippen LogP) is 1.07. The van der Waals surface area contributed by atoms with Gasteiger partial charge in [0.25, 0.3) is 12.9 Å². The summed E-state index contributed by atoms with van der Waals surface area (Å²) in [5, 5.41) is 13.6. The number of aromatic nitrogens is 2. The van der Waals surface area contributed by atoms with Crippen molar-refractivity contribution >= 4 is 5.97 Å². The van der Waals surface area contributed by atoms with Crippen molar-refractivity contribution in [1.82, 2.24) is 9.78 Å². The lowest BCUT2D eigenvalue weighted by atomic mass is 10.3. The molecule has 90 valence electrons. The molecule has 4 nitrogen and oxygen atoms in total. The van der Waals surface area contributed by atoms with Crippen LogP contribution in [-0.2, 0) is 4.79 Å². The van der Waals surface area contributed by atoms with Crippen LogP contribution >= 0.6 is 0 Å². The Kier molecular flexibility index (Phi) is 3.51. The van der Waals surface area contributed by atoms with Crippen molar-refractivity contribution in [2.75, 3.05) is 0 Å². The second-order valence-corrected chi connectivity index (χ2v) is 3.04. The maximum atomic E-state index is 12.4. The number of halogens is 4. The van der Waals surface area contributed by atoms with Gasteiger partial charge in [0.1, 0.15) is 11.4 Å². The lowest BCUT2D eigenvalue weighted by Gasteiger charge is -2.15. The molecule has 1 aromatic heterocycles. The minimum atomic E-state index is -3.08. The van der Waals surface area contributed by atoms with Gasteiger partial charge in [-0.1, -0.05) is 0 Å². The van der Waals surface area contributed by atoms with Gasteiger partial charge in [0.15, 0.2) is 0 Å². The molecule has 0 amide bonds. The summed E-state index contributed by atoms with van der Waals surface area (Å²) < 4.78 is 49.6. The number of alkyl halides is 4. The number of carboxylic acids is 1. The average molecular weight is 239 g/mol. The highest BCUT2D eigenvalue weighted by Crippen LogP contribution is 2.27. The molecule has 0 N–H and O–H groups in total. The molecule has 1 heterocycles. The Bertz CT molecular complexity index is 391. The van der Waals surface area contributed by atoms with Crippen LogP contribution in [0.15, 0.2) is 6.07 Å². The Morgan fingerprint density at radius 3 is 2.31 bits per heavy atom.